The van der Waals surface area contributed by atoms with Crippen LogP contribution in [0.1, 0.15) is 153 Å². The topological polar surface area (TPSA) is 50.9 Å². The number of imidazole rings is 1. The first kappa shape index (κ1) is 33.6. The summed E-state index contributed by atoms with van der Waals surface area (Å²) in [6, 6.07) is 33.4. The van der Waals surface area contributed by atoms with Gasteiger partial charge in [-0.05, 0) is 131 Å². The molecule has 0 aliphatic rings. The average Bonchev–Trinajstić information content (AvgIpc) is 0.738. The summed E-state index contributed by atoms with van der Waals surface area (Å²) in [4.78, 5) is 10.1. The fourth-order valence-corrected chi connectivity index (χ4v) is 9.06. The molecule has 0 unspecified atom stereocenters. The zero-order valence-electron chi connectivity index (χ0n) is 59.3. The molecule has 0 saturated carbocycles. The molecule has 72 heavy (non-hydrogen) atoms. The SMILES string of the molecule is [2H]c1nc(-c2cc(-c3ccccc3)cc(-c3cccc4c3nc(-c3cc(C(C)(C)C)cc(C(C)(C)C)c3O)n4-c3cc(C(C)(C)C)ccc3-c3ccc(C(C)(C)C)cc3)c2)c([2H])c(-c2c([2H])c([2H])c(C(C([2H])([2H])[2H])(C([2H])([2H])[2H])C([2H])([2H])[2H])c([2H])c2[2H])c1[2H]. The molecule has 2 heterocycles. The zero-order chi connectivity index (χ0) is 65.3. The molecule has 7 aromatic carbocycles. The standard InChI is InChI=1S/C68H73N3O/c1-64(2,3)50-28-24-44(25-29-50)46-34-35-69-58(39-46)49-37-47(43-20-17-16-18-21-43)36-48(38-49)55-22-19-23-59-61(55)70-63(56-40-53(67(10,11)12)41-57(62(56)72)68(13,14)15)71(59)60-42-52(66(7,8)9)32-33-54(60)45-26-30-51(31-27-45)65(4,5)6/h16-42,72H,1-15H3/i1D3,2D3,3D3,24D,25D,28D,29D,34D,35D,39D. The summed E-state index contributed by atoms with van der Waals surface area (Å²) < 4.78 is 142. The van der Waals surface area contributed by atoms with Gasteiger partial charge in [-0.25, -0.2) is 4.98 Å². The van der Waals surface area contributed by atoms with E-state index >= 15 is 0 Å². The monoisotopic (exact) mass is 964 g/mol. The van der Waals surface area contributed by atoms with Crippen LogP contribution in [0.4, 0.5) is 0 Å². The number of fused-ring (bicyclic) bond motifs is 1. The molecular weight excluding hydrogens is 875 g/mol. The van der Waals surface area contributed by atoms with Crippen LogP contribution >= 0.6 is 0 Å². The number of rotatable bonds is 7. The second kappa shape index (κ2) is 18.2. The van der Waals surface area contributed by atoms with Gasteiger partial charge >= 0.3 is 0 Å². The Labute approximate surface area is 452 Å². The van der Waals surface area contributed by atoms with Gasteiger partial charge in [-0.2, -0.15) is 0 Å². The van der Waals surface area contributed by atoms with E-state index in [0.717, 1.165) is 39.1 Å². The highest BCUT2D eigenvalue weighted by molar-refractivity contribution is 5.98. The lowest BCUT2D eigenvalue weighted by atomic mass is 9.79. The van der Waals surface area contributed by atoms with Crippen LogP contribution in [0.25, 0.3) is 83.9 Å². The van der Waals surface area contributed by atoms with Crippen molar-refractivity contribution in [2.24, 2.45) is 0 Å². The lowest BCUT2D eigenvalue weighted by Crippen LogP contribution is -2.17. The van der Waals surface area contributed by atoms with Crippen molar-refractivity contribution in [2.45, 2.75) is 131 Å². The van der Waals surface area contributed by atoms with Gasteiger partial charge in [-0.1, -0.05) is 213 Å². The fraction of sp³-hybridized carbons (Fsp3) is 0.294. The summed E-state index contributed by atoms with van der Waals surface area (Å²) in [5.74, 6) is 0.533. The Morgan fingerprint density at radius 1 is 0.458 bits per heavy atom. The predicted molar refractivity (Wildman–Crippen MR) is 307 cm³/mol. The normalized spacial score (nSPS) is 16.4. The summed E-state index contributed by atoms with van der Waals surface area (Å²) in [5, 5.41) is 12.8. The second-order valence-electron chi connectivity index (χ2n) is 23.0. The van der Waals surface area contributed by atoms with Crippen LogP contribution in [-0.2, 0) is 27.1 Å². The van der Waals surface area contributed by atoms with E-state index in [4.69, 9.17) is 22.8 Å². The number of hydrogen-bond donors (Lipinski definition) is 1. The first-order valence-electron chi connectivity index (χ1n) is 32.4. The van der Waals surface area contributed by atoms with E-state index in [9.17, 15) is 9.22 Å². The van der Waals surface area contributed by atoms with E-state index in [0.29, 0.717) is 39.1 Å². The maximum Gasteiger partial charge on any atom is 0.149 e. The van der Waals surface area contributed by atoms with Crippen LogP contribution in [0.15, 0.2) is 164 Å². The van der Waals surface area contributed by atoms with Gasteiger partial charge in [0.2, 0.25) is 0 Å². The largest absolute Gasteiger partial charge is 0.507 e. The van der Waals surface area contributed by atoms with Crippen LogP contribution in [0.3, 0.4) is 0 Å². The van der Waals surface area contributed by atoms with E-state index in [1.54, 1.807) is 12.1 Å². The van der Waals surface area contributed by atoms with Crippen molar-refractivity contribution in [1.29, 1.82) is 0 Å². The molecule has 2 aromatic heterocycles. The summed E-state index contributed by atoms with van der Waals surface area (Å²) >= 11 is 0. The highest BCUT2D eigenvalue weighted by atomic mass is 16.3. The number of aromatic hydroxyl groups is 1. The third kappa shape index (κ3) is 9.94. The highest BCUT2D eigenvalue weighted by Gasteiger charge is 2.30. The summed E-state index contributed by atoms with van der Waals surface area (Å²) in [6.45, 7) is 13.8. The smallest absolute Gasteiger partial charge is 0.149 e. The van der Waals surface area contributed by atoms with E-state index in [1.807, 2.05) is 60.7 Å². The first-order chi connectivity index (χ1) is 40.4. The predicted octanol–water partition coefficient (Wildman–Crippen LogP) is 18.6. The number of nitrogens with zero attached hydrogens (tertiary/aromatic N) is 3. The number of aromatic nitrogens is 3. The van der Waals surface area contributed by atoms with E-state index < -0.39 is 90.5 Å². The quantitative estimate of drug-likeness (QED) is 0.173. The van der Waals surface area contributed by atoms with Gasteiger partial charge in [-0.15, -0.1) is 0 Å². The molecule has 0 fully saturated rings. The number of para-hydroxylation sites is 1. The molecular formula is C68H73N3O. The number of pyridine rings is 1. The Morgan fingerprint density at radius 3 is 1.74 bits per heavy atom. The fourth-order valence-electron chi connectivity index (χ4n) is 9.06. The van der Waals surface area contributed by atoms with Crippen molar-refractivity contribution in [3.63, 3.8) is 0 Å². The lowest BCUT2D eigenvalue weighted by molar-refractivity contribution is 0.446. The van der Waals surface area contributed by atoms with Crippen molar-refractivity contribution in [3.05, 3.63) is 192 Å². The maximum atomic E-state index is 12.8. The third-order valence-electron chi connectivity index (χ3n) is 13.3. The molecule has 0 bridgehead atoms. The Morgan fingerprint density at radius 2 is 1.10 bits per heavy atom. The van der Waals surface area contributed by atoms with Gasteiger partial charge in [0.15, 0.2) is 0 Å². The van der Waals surface area contributed by atoms with Crippen LogP contribution in [0, 0.1) is 0 Å². The number of hydrogen-bond acceptors (Lipinski definition) is 3. The minimum absolute atomic E-state index is 0.0754. The van der Waals surface area contributed by atoms with Crippen molar-refractivity contribution < 1.29 is 27.0 Å². The number of phenolic OH excluding ortho intramolecular Hbond substituents is 1. The molecule has 1 N–H and O–H groups in total. The average molecular weight is 964 g/mol. The minimum Gasteiger partial charge on any atom is -0.507 e. The van der Waals surface area contributed by atoms with Crippen molar-refractivity contribution >= 4 is 11.0 Å². The molecule has 9 aromatic rings. The van der Waals surface area contributed by atoms with Crippen LogP contribution in [-0.4, -0.2) is 19.6 Å². The summed E-state index contributed by atoms with van der Waals surface area (Å²) in [5.41, 5.74) is 2.83. The number of benzene rings is 7. The molecule has 0 amide bonds. The third-order valence-corrected chi connectivity index (χ3v) is 13.3. The molecule has 0 aliphatic heterocycles. The molecule has 0 atom stereocenters. The number of phenols is 1. The highest BCUT2D eigenvalue weighted by Crippen LogP contribution is 2.47. The first-order valence-corrected chi connectivity index (χ1v) is 24.4. The Hall–Kier alpha value is -7.04. The minimum atomic E-state index is -3.94. The molecule has 0 aliphatic carbocycles. The van der Waals surface area contributed by atoms with E-state index in [1.165, 1.54) is 5.56 Å². The van der Waals surface area contributed by atoms with Crippen molar-refractivity contribution in [2.75, 3.05) is 0 Å². The van der Waals surface area contributed by atoms with Crippen LogP contribution < -0.4 is 0 Å². The molecule has 9 rings (SSSR count). The Kier molecular flexibility index (Phi) is 8.50. The molecule has 366 valence electrons. The van der Waals surface area contributed by atoms with Crippen molar-refractivity contribution in [3.8, 4) is 78.6 Å². The van der Waals surface area contributed by atoms with Gasteiger partial charge in [-0.3, -0.25) is 9.55 Å². The molecule has 0 radical (unpaired) electrons. The van der Waals surface area contributed by atoms with Gasteiger partial charge < -0.3 is 5.11 Å². The lowest BCUT2D eigenvalue weighted by Gasteiger charge is -2.28. The van der Waals surface area contributed by atoms with E-state index in [-0.39, 0.29) is 33.3 Å². The van der Waals surface area contributed by atoms with Gasteiger partial charge in [0, 0.05) is 40.8 Å². The van der Waals surface area contributed by atoms with Crippen molar-refractivity contribution in [1.82, 2.24) is 14.5 Å². The summed E-state index contributed by atoms with van der Waals surface area (Å²) in [7, 11) is 0. The second-order valence-corrected chi connectivity index (χ2v) is 23.0. The molecule has 4 nitrogen and oxygen atoms in total. The molecule has 0 spiro atoms. The molecule has 4 heteroatoms. The van der Waals surface area contributed by atoms with E-state index in [2.05, 4.69) is 141 Å². The molecule has 0 saturated heterocycles. The van der Waals surface area contributed by atoms with Gasteiger partial charge in [0.05, 0.1) is 37.6 Å². The van der Waals surface area contributed by atoms with Crippen LogP contribution in [0.2, 0.25) is 0 Å². The Balaban J connectivity index is 1.39. The van der Waals surface area contributed by atoms with Gasteiger partial charge in [0.25, 0.3) is 0 Å². The van der Waals surface area contributed by atoms with Gasteiger partial charge in [0.1, 0.15) is 11.6 Å². The Bertz CT molecular complexity index is 4160. The maximum absolute atomic E-state index is 12.8. The summed E-state index contributed by atoms with van der Waals surface area (Å²) in [6.07, 6.45) is -0.742. The van der Waals surface area contributed by atoms with Crippen LogP contribution in [0.5, 0.6) is 5.75 Å². The zero-order valence-corrected chi connectivity index (χ0v) is 43.3.